The maximum Gasteiger partial charge on any atom is 0.246 e. The minimum absolute atomic E-state index is 0.0733. The first-order valence-electron chi connectivity index (χ1n) is 8.11. The lowest BCUT2D eigenvalue weighted by Gasteiger charge is -2.21. The van der Waals surface area contributed by atoms with E-state index in [1.807, 2.05) is 53.4 Å². The molecule has 5 nitrogen and oxygen atoms in total. The van der Waals surface area contributed by atoms with E-state index in [1.165, 1.54) is 5.56 Å². The summed E-state index contributed by atoms with van der Waals surface area (Å²) in [6.07, 6.45) is 1.64. The number of rotatable bonds is 8. The second-order valence-electron chi connectivity index (χ2n) is 5.57. The number of aromatic nitrogens is 2. The fourth-order valence-corrected chi connectivity index (χ4v) is 2.58. The lowest BCUT2D eigenvalue weighted by molar-refractivity contribution is 0.297. The first kappa shape index (κ1) is 16.2. The summed E-state index contributed by atoms with van der Waals surface area (Å²) < 4.78 is 5.37. The molecule has 0 saturated heterocycles. The fraction of sp³-hybridized carbons (Fsp3) is 0.263. The molecule has 3 rings (SSSR count). The highest BCUT2D eigenvalue weighted by Crippen LogP contribution is 2.16. The third kappa shape index (κ3) is 4.43. The van der Waals surface area contributed by atoms with Crippen LogP contribution in [0.15, 0.2) is 65.2 Å². The van der Waals surface area contributed by atoms with Crippen LogP contribution in [0.3, 0.4) is 0 Å². The van der Waals surface area contributed by atoms with E-state index in [1.54, 1.807) is 0 Å². The summed E-state index contributed by atoms with van der Waals surface area (Å²) in [5, 5.41) is 13.3. The highest BCUT2D eigenvalue weighted by Gasteiger charge is 2.12. The number of hydrogen-bond donors (Lipinski definition) is 1. The Morgan fingerprint density at radius 2 is 1.62 bits per heavy atom. The van der Waals surface area contributed by atoms with Gasteiger partial charge in [0.1, 0.15) is 0 Å². The number of para-hydroxylation sites is 1. The Bertz CT molecular complexity index is 729. The van der Waals surface area contributed by atoms with Gasteiger partial charge in [0.25, 0.3) is 0 Å². The van der Waals surface area contributed by atoms with E-state index in [4.69, 9.17) is 4.52 Å². The first-order valence-corrected chi connectivity index (χ1v) is 8.11. The highest BCUT2D eigenvalue weighted by molar-refractivity contribution is 5.45. The monoisotopic (exact) mass is 323 g/mol. The molecule has 0 radical (unpaired) electrons. The summed E-state index contributed by atoms with van der Waals surface area (Å²) in [6, 6.07) is 20.2. The number of aryl methyl sites for hydroxylation is 2. The number of hydrogen-bond acceptors (Lipinski definition) is 5. The molecule has 0 bridgehead atoms. The van der Waals surface area contributed by atoms with Gasteiger partial charge in [0, 0.05) is 18.7 Å². The Balaban J connectivity index is 1.61. The second kappa shape index (κ2) is 8.26. The molecule has 124 valence electrons. The third-order valence-corrected chi connectivity index (χ3v) is 3.81. The fourth-order valence-electron chi connectivity index (χ4n) is 2.58. The summed E-state index contributed by atoms with van der Waals surface area (Å²) in [6.45, 7) is 1.08. The molecule has 1 heterocycles. The van der Waals surface area contributed by atoms with Crippen molar-refractivity contribution in [1.29, 1.82) is 0 Å². The summed E-state index contributed by atoms with van der Waals surface area (Å²) in [7, 11) is 0. The van der Waals surface area contributed by atoms with Gasteiger partial charge in [-0.05, 0) is 24.1 Å². The smallest absolute Gasteiger partial charge is 0.246 e. The average Bonchev–Trinajstić information content (AvgIpc) is 3.09. The Morgan fingerprint density at radius 3 is 2.33 bits per heavy atom. The molecule has 0 spiro atoms. The van der Waals surface area contributed by atoms with Crippen molar-refractivity contribution < 1.29 is 9.63 Å². The zero-order valence-corrected chi connectivity index (χ0v) is 13.5. The van der Waals surface area contributed by atoms with Gasteiger partial charge in [-0.15, -0.1) is 0 Å². The van der Waals surface area contributed by atoms with E-state index < -0.39 is 0 Å². The van der Waals surface area contributed by atoms with Crippen LogP contribution in [-0.4, -0.2) is 28.4 Å². The van der Waals surface area contributed by atoms with E-state index in [0.717, 1.165) is 18.5 Å². The van der Waals surface area contributed by atoms with E-state index in [9.17, 15) is 5.11 Å². The zero-order chi connectivity index (χ0) is 16.6. The summed E-state index contributed by atoms with van der Waals surface area (Å²) in [4.78, 5) is 6.49. The first-order chi connectivity index (χ1) is 11.8. The molecule has 0 saturated carbocycles. The SMILES string of the molecule is OCCN(Cc1nc(CCc2ccccc2)no1)c1ccccc1. The topological polar surface area (TPSA) is 62.4 Å². The third-order valence-electron chi connectivity index (χ3n) is 3.81. The van der Waals surface area contributed by atoms with Crippen molar-refractivity contribution in [2.24, 2.45) is 0 Å². The van der Waals surface area contributed by atoms with E-state index in [-0.39, 0.29) is 6.61 Å². The van der Waals surface area contributed by atoms with Crippen molar-refractivity contribution in [2.45, 2.75) is 19.4 Å². The predicted octanol–water partition coefficient (Wildman–Crippen LogP) is 2.85. The lowest BCUT2D eigenvalue weighted by atomic mass is 10.1. The minimum Gasteiger partial charge on any atom is -0.395 e. The van der Waals surface area contributed by atoms with Crippen LogP contribution in [0.5, 0.6) is 0 Å². The van der Waals surface area contributed by atoms with Gasteiger partial charge in [0.2, 0.25) is 5.89 Å². The van der Waals surface area contributed by atoms with Crippen molar-refractivity contribution in [3.05, 3.63) is 77.9 Å². The van der Waals surface area contributed by atoms with Crippen LogP contribution >= 0.6 is 0 Å². The van der Waals surface area contributed by atoms with Crippen LogP contribution in [0.25, 0.3) is 0 Å². The van der Waals surface area contributed by atoms with Crippen molar-refractivity contribution >= 4 is 5.69 Å². The molecule has 0 aliphatic carbocycles. The van der Waals surface area contributed by atoms with Crippen LogP contribution in [0, 0.1) is 0 Å². The molecule has 1 N–H and O–H groups in total. The van der Waals surface area contributed by atoms with Gasteiger partial charge >= 0.3 is 0 Å². The van der Waals surface area contributed by atoms with Crippen LogP contribution in [0.2, 0.25) is 0 Å². The molecule has 2 aromatic carbocycles. The molecular formula is C19H21N3O2. The lowest BCUT2D eigenvalue weighted by Crippen LogP contribution is -2.26. The Labute approximate surface area is 141 Å². The highest BCUT2D eigenvalue weighted by atomic mass is 16.5. The Morgan fingerprint density at radius 1 is 0.917 bits per heavy atom. The molecule has 0 unspecified atom stereocenters. The van der Waals surface area contributed by atoms with Crippen molar-refractivity contribution in [2.75, 3.05) is 18.1 Å². The molecule has 5 heteroatoms. The van der Waals surface area contributed by atoms with Gasteiger partial charge in [-0.3, -0.25) is 0 Å². The van der Waals surface area contributed by atoms with Gasteiger partial charge in [-0.1, -0.05) is 53.7 Å². The molecule has 0 amide bonds. The molecule has 1 aromatic heterocycles. The number of nitrogens with zero attached hydrogens (tertiary/aromatic N) is 3. The predicted molar refractivity (Wildman–Crippen MR) is 92.7 cm³/mol. The summed E-state index contributed by atoms with van der Waals surface area (Å²) in [5.74, 6) is 1.28. The Hall–Kier alpha value is -2.66. The van der Waals surface area contributed by atoms with Crippen LogP contribution in [0.1, 0.15) is 17.3 Å². The van der Waals surface area contributed by atoms with Crippen molar-refractivity contribution in [1.82, 2.24) is 10.1 Å². The molecule has 0 fully saturated rings. The van der Waals surface area contributed by atoms with Crippen LogP contribution < -0.4 is 4.90 Å². The quantitative estimate of drug-likeness (QED) is 0.690. The maximum absolute atomic E-state index is 9.28. The van der Waals surface area contributed by atoms with E-state index in [2.05, 4.69) is 22.3 Å². The summed E-state index contributed by atoms with van der Waals surface area (Å²) >= 11 is 0. The molecule has 3 aromatic rings. The average molecular weight is 323 g/mol. The van der Waals surface area contributed by atoms with Gasteiger partial charge in [0.15, 0.2) is 5.82 Å². The minimum atomic E-state index is 0.0733. The molecular weight excluding hydrogens is 302 g/mol. The van der Waals surface area contributed by atoms with Gasteiger partial charge in [0.05, 0.1) is 13.2 Å². The molecule has 0 aliphatic heterocycles. The van der Waals surface area contributed by atoms with E-state index >= 15 is 0 Å². The number of anilines is 1. The molecule has 0 atom stereocenters. The van der Waals surface area contributed by atoms with E-state index in [0.29, 0.717) is 24.8 Å². The van der Waals surface area contributed by atoms with Gasteiger partial charge in [-0.25, -0.2) is 0 Å². The second-order valence-corrected chi connectivity index (χ2v) is 5.57. The summed E-state index contributed by atoms with van der Waals surface area (Å²) in [5.41, 5.74) is 2.28. The normalized spacial score (nSPS) is 10.7. The van der Waals surface area contributed by atoms with Gasteiger partial charge < -0.3 is 14.5 Å². The molecule has 24 heavy (non-hydrogen) atoms. The largest absolute Gasteiger partial charge is 0.395 e. The maximum atomic E-state index is 9.28. The Kier molecular flexibility index (Phi) is 5.58. The van der Waals surface area contributed by atoms with Crippen LogP contribution in [0.4, 0.5) is 5.69 Å². The number of aliphatic hydroxyl groups is 1. The number of aliphatic hydroxyl groups excluding tert-OH is 1. The van der Waals surface area contributed by atoms with Gasteiger partial charge in [-0.2, -0.15) is 4.98 Å². The number of benzene rings is 2. The van der Waals surface area contributed by atoms with Crippen LogP contribution in [-0.2, 0) is 19.4 Å². The zero-order valence-electron chi connectivity index (χ0n) is 13.5. The van der Waals surface area contributed by atoms with Crippen molar-refractivity contribution in [3.8, 4) is 0 Å². The molecule has 0 aliphatic rings. The standard InChI is InChI=1S/C19H21N3O2/c23-14-13-22(17-9-5-2-6-10-17)15-19-20-18(21-24-19)12-11-16-7-3-1-4-8-16/h1-10,23H,11-15H2. The van der Waals surface area contributed by atoms with Crippen molar-refractivity contribution in [3.63, 3.8) is 0 Å².